The Morgan fingerprint density at radius 3 is 2.76 bits per heavy atom. The number of hydrogen-bond acceptors (Lipinski definition) is 2. The summed E-state index contributed by atoms with van der Waals surface area (Å²) in [5.41, 5.74) is 4.36. The molecular formula is C23H18ClFN2O2. The minimum atomic E-state index is -0.277. The molecule has 2 aromatic carbocycles. The summed E-state index contributed by atoms with van der Waals surface area (Å²) in [4.78, 5) is 18.4. The van der Waals surface area contributed by atoms with E-state index < -0.39 is 0 Å². The highest BCUT2D eigenvalue weighted by atomic mass is 35.5. The lowest BCUT2D eigenvalue weighted by Gasteiger charge is -2.27. The van der Waals surface area contributed by atoms with Gasteiger partial charge in [0, 0.05) is 52.3 Å². The zero-order valence-corrected chi connectivity index (χ0v) is 16.5. The fourth-order valence-electron chi connectivity index (χ4n) is 3.98. The first-order valence-electron chi connectivity index (χ1n) is 9.44. The number of fused-ring (bicyclic) bond motifs is 3. The molecule has 146 valence electrons. The molecule has 0 saturated carbocycles. The molecule has 4 nitrogen and oxygen atoms in total. The van der Waals surface area contributed by atoms with Gasteiger partial charge in [0.1, 0.15) is 17.3 Å². The largest absolute Gasteiger partial charge is 0.461 e. The summed E-state index contributed by atoms with van der Waals surface area (Å²) in [6.07, 6.45) is 0.707. The number of furan rings is 1. The van der Waals surface area contributed by atoms with E-state index in [4.69, 9.17) is 16.0 Å². The maximum atomic E-state index is 13.7. The Hall–Kier alpha value is -3.05. The summed E-state index contributed by atoms with van der Waals surface area (Å²) < 4.78 is 19.6. The highest BCUT2D eigenvalue weighted by Crippen LogP contribution is 2.31. The molecule has 0 radical (unpaired) electrons. The van der Waals surface area contributed by atoms with Crippen LogP contribution in [0.2, 0.25) is 5.02 Å². The molecule has 29 heavy (non-hydrogen) atoms. The van der Waals surface area contributed by atoms with E-state index in [9.17, 15) is 9.18 Å². The van der Waals surface area contributed by atoms with Crippen molar-refractivity contribution in [1.29, 1.82) is 0 Å². The van der Waals surface area contributed by atoms with Crippen molar-refractivity contribution >= 4 is 28.4 Å². The Balaban J connectivity index is 1.45. The van der Waals surface area contributed by atoms with Crippen molar-refractivity contribution in [2.75, 3.05) is 6.54 Å². The second kappa shape index (κ2) is 6.78. The number of nitrogens with zero attached hydrogens (tertiary/aromatic N) is 1. The number of aromatic nitrogens is 1. The van der Waals surface area contributed by atoms with E-state index in [0.717, 1.165) is 27.7 Å². The van der Waals surface area contributed by atoms with Crippen molar-refractivity contribution in [2.45, 2.75) is 19.9 Å². The minimum absolute atomic E-state index is 0.0807. The van der Waals surface area contributed by atoms with Crippen molar-refractivity contribution in [1.82, 2.24) is 9.88 Å². The minimum Gasteiger partial charge on any atom is -0.461 e. The van der Waals surface area contributed by atoms with E-state index in [-0.39, 0.29) is 11.7 Å². The van der Waals surface area contributed by atoms with Crippen molar-refractivity contribution in [3.05, 3.63) is 82.0 Å². The highest BCUT2D eigenvalue weighted by molar-refractivity contribution is 6.30. The molecule has 0 atom stereocenters. The monoisotopic (exact) mass is 408 g/mol. The van der Waals surface area contributed by atoms with Crippen molar-refractivity contribution < 1.29 is 13.6 Å². The fourth-order valence-corrected chi connectivity index (χ4v) is 4.11. The molecule has 1 amide bonds. The molecule has 1 N–H and O–H groups in total. The summed E-state index contributed by atoms with van der Waals surface area (Å²) in [7, 11) is 0. The number of aryl methyl sites for hydroxylation is 1. The molecule has 0 aliphatic carbocycles. The third kappa shape index (κ3) is 3.12. The first-order valence-corrected chi connectivity index (χ1v) is 9.82. The lowest BCUT2D eigenvalue weighted by molar-refractivity contribution is 0.0733. The SMILES string of the molecule is Cc1oc(-c2ccc(Cl)cc2)cc1C(=O)N1CCc2[nH]c3ccc(F)cc3c2C1. The Morgan fingerprint density at radius 1 is 1.17 bits per heavy atom. The van der Waals surface area contributed by atoms with Gasteiger partial charge in [0.05, 0.1) is 5.56 Å². The molecule has 0 fully saturated rings. The number of carbonyl (C=O) groups is 1. The van der Waals surface area contributed by atoms with Crippen molar-refractivity contribution in [3.8, 4) is 11.3 Å². The van der Waals surface area contributed by atoms with Gasteiger partial charge in [-0.05, 0) is 55.5 Å². The van der Waals surface area contributed by atoms with Gasteiger partial charge < -0.3 is 14.3 Å². The molecule has 1 aliphatic heterocycles. The van der Waals surface area contributed by atoms with E-state index in [0.29, 0.717) is 41.6 Å². The molecule has 0 unspecified atom stereocenters. The molecule has 2 aromatic heterocycles. The van der Waals surface area contributed by atoms with Gasteiger partial charge in [-0.1, -0.05) is 11.6 Å². The normalized spacial score (nSPS) is 13.7. The van der Waals surface area contributed by atoms with Gasteiger partial charge in [0.15, 0.2) is 0 Å². The van der Waals surface area contributed by atoms with Gasteiger partial charge in [-0.15, -0.1) is 0 Å². The molecule has 4 aromatic rings. The number of aromatic amines is 1. The van der Waals surface area contributed by atoms with Crippen LogP contribution < -0.4 is 0 Å². The van der Waals surface area contributed by atoms with Crippen LogP contribution in [0, 0.1) is 12.7 Å². The predicted octanol–water partition coefficient (Wildman–Crippen LogP) is 5.73. The van der Waals surface area contributed by atoms with Gasteiger partial charge in [-0.3, -0.25) is 4.79 Å². The lowest BCUT2D eigenvalue weighted by atomic mass is 10.0. The summed E-state index contributed by atoms with van der Waals surface area (Å²) in [6.45, 7) is 2.84. The van der Waals surface area contributed by atoms with E-state index in [1.165, 1.54) is 12.1 Å². The second-order valence-electron chi connectivity index (χ2n) is 7.34. The topological polar surface area (TPSA) is 49.2 Å². The average Bonchev–Trinajstić information content (AvgIpc) is 3.28. The number of nitrogens with one attached hydrogen (secondary N) is 1. The molecule has 1 aliphatic rings. The van der Waals surface area contributed by atoms with Crippen LogP contribution in [0.5, 0.6) is 0 Å². The van der Waals surface area contributed by atoms with Crippen LogP contribution in [0.25, 0.3) is 22.2 Å². The van der Waals surface area contributed by atoms with E-state index in [1.807, 2.05) is 12.1 Å². The van der Waals surface area contributed by atoms with Crippen LogP contribution in [-0.2, 0) is 13.0 Å². The van der Waals surface area contributed by atoms with Crippen LogP contribution >= 0.6 is 11.6 Å². The zero-order valence-electron chi connectivity index (χ0n) is 15.8. The van der Waals surface area contributed by atoms with E-state index in [1.54, 1.807) is 36.1 Å². The number of hydrogen-bond donors (Lipinski definition) is 1. The van der Waals surface area contributed by atoms with Crippen LogP contribution in [0.3, 0.4) is 0 Å². The Kier molecular flexibility index (Phi) is 4.21. The smallest absolute Gasteiger partial charge is 0.257 e. The van der Waals surface area contributed by atoms with Gasteiger partial charge in [-0.25, -0.2) is 4.39 Å². The van der Waals surface area contributed by atoms with Crippen LogP contribution in [0.4, 0.5) is 4.39 Å². The second-order valence-corrected chi connectivity index (χ2v) is 7.77. The standard InChI is InChI=1S/C23H18ClFN2O2/c1-13-17(11-22(29-13)14-2-4-15(24)5-3-14)23(28)27-9-8-21-19(12-27)18-10-16(25)6-7-20(18)26-21/h2-7,10-11,26H,8-9,12H2,1H3. The Labute approximate surface area is 171 Å². The van der Waals surface area contributed by atoms with Gasteiger partial charge in [0.25, 0.3) is 5.91 Å². The zero-order chi connectivity index (χ0) is 20.1. The number of carbonyl (C=O) groups excluding carboxylic acids is 1. The molecule has 3 heterocycles. The third-order valence-corrected chi connectivity index (χ3v) is 5.75. The quantitative estimate of drug-likeness (QED) is 0.460. The van der Waals surface area contributed by atoms with Crippen LogP contribution in [0.15, 0.2) is 52.9 Å². The lowest BCUT2D eigenvalue weighted by Crippen LogP contribution is -2.35. The number of amides is 1. The van der Waals surface area contributed by atoms with Gasteiger partial charge in [-0.2, -0.15) is 0 Å². The van der Waals surface area contributed by atoms with Gasteiger partial charge in [0.2, 0.25) is 0 Å². The Bertz CT molecular complexity index is 1240. The molecule has 0 spiro atoms. The molecule has 5 rings (SSSR count). The number of rotatable bonds is 2. The predicted molar refractivity (Wildman–Crippen MR) is 111 cm³/mol. The fraction of sp³-hybridized carbons (Fsp3) is 0.174. The highest BCUT2D eigenvalue weighted by Gasteiger charge is 2.27. The number of benzene rings is 2. The van der Waals surface area contributed by atoms with Crippen molar-refractivity contribution in [2.24, 2.45) is 0 Å². The van der Waals surface area contributed by atoms with Gasteiger partial charge >= 0.3 is 0 Å². The number of halogens is 2. The van der Waals surface area contributed by atoms with Crippen molar-refractivity contribution in [3.63, 3.8) is 0 Å². The number of H-pyrrole nitrogens is 1. The van der Waals surface area contributed by atoms with Crippen LogP contribution in [-0.4, -0.2) is 22.3 Å². The molecule has 6 heteroatoms. The summed E-state index contributed by atoms with van der Waals surface area (Å²) in [5, 5.41) is 1.48. The van der Waals surface area contributed by atoms with E-state index >= 15 is 0 Å². The van der Waals surface area contributed by atoms with E-state index in [2.05, 4.69) is 4.98 Å². The summed E-state index contributed by atoms with van der Waals surface area (Å²) in [6, 6.07) is 13.8. The first-order chi connectivity index (χ1) is 14.0. The molecule has 0 saturated heterocycles. The molecular weight excluding hydrogens is 391 g/mol. The third-order valence-electron chi connectivity index (χ3n) is 5.50. The first kappa shape index (κ1) is 18.0. The summed E-state index contributed by atoms with van der Waals surface area (Å²) >= 11 is 5.95. The van der Waals surface area contributed by atoms with Crippen LogP contribution in [0.1, 0.15) is 27.4 Å². The Morgan fingerprint density at radius 2 is 1.97 bits per heavy atom. The maximum Gasteiger partial charge on any atom is 0.257 e. The summed E-state index contributed by atoms with van der Waals surface area (Å²) in [5.74, 6) is 0.856. The molecule has 0 bridgehead atoms. The average molecular weight is 409 g/mol. The maximum absolute atomic E-state index is 13.7.